The van der Waals surface area contributed by atoms with E-state index in [4.69, 9.17) is 44.3 Å². The van der Waals surface area contributed by atoms with Crippen LogP contribution in [-0.4, -0.2) is 118 Å². The number of terminal acetylenes is 1. The second-order valence-corrected chi connectivity index (χ2v) is 8.72. The number of hydrogen-bond donors (Lipinski definition) is 1. The van der Waals surface area contributed by atoms with E-state index in [1.807, 2.05) is 0 Å². The first-order valence-electron chi connectivity index (χ1n) is 13.3. The Kier molecular flexibility index (Phi) is 19.2. The molecule has 1 saturated carbocycles. The summed E-state index contributed by atoms with van der Waals surface area (Å²) in [5, 5.41) is 2.98. The minimum atomic E-state index is 0.149. The van der Waals surface area contributed by atoms with Gasteiger partial charge in [0.2, 0.25) is 5.91 Å². The van der Waals surface area contributed by atoms with Gasteiger partial charge in [0.05, 0.1) is 99.1 Å². The summed E-state index contributed by atoms with van der Waals surface area (Å²) >= 11 is 0. The van der Waals surface area contributed by atoms with Crippen molar-refractivity contribution in [3.05, 3.63) is 12.2 Å². The zero-order valence-electron chi connectivity index (χ0n) is 22.1. The third-order valence-electron chi connectivity index (χ3n) is 5.95. The Morgan fingerprint density at radius 3 is 1.46 bits per heavy atom. The zero-order chi connectivity index (χ0) is 26.2. The number of fused-ring (bicyclic) bond motifs is 2. The Bertz CT molecular complexity index is 640. The monoisotopic (exact) mass is 527 g/mol. The molecule has 10 nitrogen and oxygen atoms in total. The van der Waals surface area contributed by atoms with Crippen molar-refractivity contribution in [3.8, 4) is 12.3 Å². The Morgan fingerprint density at radius 2 is 1.08 bits per heavy atom. The minimum Gasteiger partial charge on any atom is -0.377 e. The van der Waals surface area contributed by atoms with Crippen molar-refractivity contribution in [3.63, 3.8) is 0 Å². The van der Waals surface area contributed by atoms with E-state index in [1.165, 1.54) is 0 Å². The van der Waals surface area contributed by atoms with E-state index < -0.39 is 0 Å². The second-order valence-electron chi connectivity index (χ2n) is 8.72. The fourth-order valence-corrected chi connectivity index (χ4v) is 4.13. The van der Waals surface area contributed by atoms with Crippen molar-refractivity contribution < 1.29 is 42.7 Å². The first-order valence-corrected chi connectivity index (χ1v) is 13.3. The standard InChI is InChI=1S/C27H45NO9/c1-2-6-30-8-10-32-12-14-34-16-18-36-20-21-37-19-17-35-15-13-33-11-9-31-7-5-28-27(29)26-23-24-3-4-25(26)22-24/h1,3-4,24-26H,5-23H2,(H,28,29). The number of allylic oxidation sites excluding steroid dienone is 2. The van der Waals surface area contributed by atoms with Crippen LogP contribution >= 0.6 is 0 Å². The number of rotatable bonds is 26. The second kappa shape index (κ2) is 22.4. The molecule has 2 aliphatic rings. The molecule has 37 heavy (non-hydrogen) atoms. The summed E-state index contributed by atoms with van der Waals surface area (Å²) in [6.45, 7) is 8.46. The predicted molar refractivity (Wildman–Crippen MR) is 137 cm³/mol. The van der Waals surface area contributed by atoms with E-state index in [-0.39, 0.29) is 11.8 Å². The maximum Gasteiger partial charge on any atom is 0.223 e. The van der Waals surface area contributed by atoms with E-state index in [2.05, 4.69) is 23.4 Å². The Morgan fingerprint density at radius 1 is 0.649 bits per heavy atom. The highest BCUT2D eigenvalue weighted by Crippen LogP contribution is 2.43. The number of carbonyl (C=O) groups excluding carboxylic acids is 1. The topological polar surface area (TPSA) is 103 Å². The molecular formula is C27H45NO9. The van der Waals surface area contributed by atoms with Crippen LogP contribution in [0.15, 0.2) is 12.2 Å². The van der Waals surface area contributed by atoms with Gasteiger partial charge in [0.15, 0.2) is 0 Å². The van der Waals surface area contributed by atoms with Gasteiger partial charge >= 0.3 is 0 Å². The first kappa shape index (κ1) is 31.7. The molecule has 2 bridgehead atoms. The van der Waals surface area contributed by atoms with Crippen LogP contribution in [0, 0.1) is 30.1 Å². The number of hydrogen-bond acceptors (Lipinski definition) is 9. The molecule has 2 rings (SSSR count). The maximum absolute atomic E-state index is 12.2. The SMILES string of the molecule is C#CCOCCOCCOCCOCCOCCOCCOCCOCCNC(=O)C1CC2C=CC1C2. The third-order valence-corrected chi connectivity index (χ3v) is 5.95. The van der Waals surface area contributed by atoms with Crippen LogP contribution in [0.3, 0.4) is 0 Å². The van der Waals surface area contributed by atoms with Crippen LogP contribution in [0.2, 0.25) is 0 Å². The molecule has 0 aliphatic heterocycles. The van der Waals surface area contributed by atoms with Crippen LogP contribution in [0.5, 0.6) is 0 Å². The molecule has 3 unspecified atom stereocenters. The van der Waals surface area contributed by atoms with Gasteiger partial charge in [0.1, 0.15) is 6.61 Å². The predicted octanol–water partition coefficient (Wildman–Crippen LogP) is 1.08. The number of amides is 1. The van der Waals surface area contributed by atoms with Crippen molar-refractivity contribution in [1.29, 1.82) is 0 Å². The molecule has 0 aromatic carbocycles. The van der Waals surface area contributed by atoms with Crippen LogP contribution < -0.4 is 5.32 Å². The molecule has 0 aromatic heterocycles. The van der Waals surface area contributed by atoms with Gasteiger partial charge in [-0.15, -0.1) is 6.42 Å². The normalized spacial score (nSPS) is 19.9. The van der Waals surface area contributed by atoms with E-state index in [1.54, 1.807) is 0 Å². The summed E-state index contributed by atoms with van der Waals surface area (Å²) in [6, 6.07) is 0. The molecular weight excluding hydrogens is 482 g/mol. The highest BCUT2D eigenvalue weighted by atomic mass is 16.6. The van der Waals surface area contributed by atoms with Gasteiger partial charge < -0.3 is 43.2 Å². The maximum atomic E-state index is 12.2. The van der Waals surface area contributed by atoms with Gasteiger partial charge in [0.25, 0.3) is 0 Å². The third kappa shape index (κ3) is 16.1. The molecule has 2 aliphatic carbocycles. The van der Waals surface area contributed by atoms with Gasteiger partial charge in [-0.25, -0.2) is 0 Å². The largest absolute Gasteiger partial charge is 0.377 e. The van der Waals surface area contributed by atoms with Crippen molar-refractivity contribution in [1.82, 2.24) is 5.32 Å². The smallest absolute Gasteiger partial charge is 0.223 e. The number of nitrogens with one attached hydrogen (secondary N) is 1. The molecule has 1 fully saturated rings. The van der Waals surface area contributed by atoms with Crippen LogP contribution in [0.1, 0.15) is 12.8 Å². The summed E-state index contributed by atoms with van der Waals surface area (Å²) in [7, 11) is 0. The summed E-state index contributed by atoms with van der Waals surface area (Å²) in [5.74, 6) is 3.75. The molecule has 1 amide bonds. The van der Waals surface area contributed by atoms with Crippen molar-refractivity contribution in [2.24, 2.45) is 17.8 Å². The van der Waals surface area contributed by atoms with Crippen LogP contribution in [0.4, 0.5) is 0 Å². The van der Waals surface area contributed by atoms with Gasteiger partial charge in [-0.05, 0) is 24.7 Å². The lowest BCUT2D eigenvalue weighted by atomic mass is 9.93. The molecule has 0 spiro atoms. The van der Waals surface area contributed by atoms with Gasteiger partial charge in [-0.1, -0.05) is 18.1 Å². The van der Waals surface area contributed by atoms with Crippen molar-refractivity contribution >= 4 is 5.91 Å². The average molecular weight is 528 g/mol. The van der Waals surface area contributed by atoms with Crippen LogP contribution in [0.25, 0.3) is 0 Å². The molecule has 3 atom stereocenters. The number of carbonyl (C=O) groups is 1. The highest BCUT2D eigenvalue weighted by molar-refractivity contribution is 5.79. The summed E-state index contributed by atoms with van der Waals surface area (Å²) < 4.78 is 43.1. The first-order chi connectivity index (χ1) is 18.3. The lowest BCUT2D eigenvalue weighted by Gasteiger charge is -2.17. The highest BCUT2D eigenvalue weighted by Gasteiger charge is 2.39. The molecule has 0 radical (unpaired) electrons. The van der Waals surface area contributed by atoms with E-state index >= 15 is 0 Å². The molecule has 0 aromatic rings. The molecule has 0 saturated heterocycles. The summed E-state index contributed by atoms with van der Waals surface area (Å²) in [5.41, 5.74) is 0. The van der Waals surface area contributed by atoms with Crippen molar-refractivity contribution in [2.75, 3.05) is 112 Å². The van der Waals surface area contributed by atoms with Gasteiger partial charge in [-0.2, -0.15) is 0 Å². The molecule has 0 heterocycles. The summed E-state index contributed by atoms with van der Waals surface area (Å²) in [4.78, 5) is 12.2. The zero-order valence-corrected chi connectivity index (χ0v) is 22.1. The fourth-order valence-electron chi connectivity index (χ4n) is 4.13. The fraction of sp³-hybridized carbons (Fsp3) is 0.815. The quantitative estimate of drug-likeness (QED) is 0.101. The number of ether oxygens (including phenoxy) is 8. The minimum absolute atomic E-state index is 0.149. The molecule has 10 heteroatoms. The lowest BCUT2D eigenvalue weighted by molar-refractivity contribution is -0.126. The average Bonchev–Trinajstić information content (AvgIpc) is 3.55. The van der Waals surface area contributed by atoms with Gasteiger partial charge in [-0.3, -0.25) is 4.79 Å². The lowest BCUT2D eigenvalue weighted by Crippen LogP contribution is -2.35. The van der Waals surface area contributed by atoms with Crippen molar-refractivity contribution in [2.45, 2.75) is 12.8 Å². The van der Waals surface area contributed by atoms with E-state index in [0.29, 0.717) is 124 Å². The van der Waals surface area contributed by atoms with Gasteiger partial charge in [0, 0.05) is 12.5 Å². The Hall–Kier alpha value is -1.55. The molecule has 1 N–H and O–H groups in total. The van der Waals surface area contributed by atoms with E-state index in [0.717, 1.165) is 12.8 Å². The van der Waals surface area contributed by atoms with Crippen LogP contribution in [-0.2, 0) is 42.7 Å². The van der Waals surface area contributed by atoms with E-state index in [9.17, 15) is 4.79 Å². The molecule has 212 valence electrons. The summed E-state index contributed by atoms with van der Waals surface area (Å²) in [6.07, 6.45) is 11.6. The Labute approximate surface area is 221 Å². The Balaban J connectivity index is 1.18.